The Bertz CT molecular complexity index is 146. The third-order valence-corrected chi connectivity index (χ3v) is 0. The fourth-order valence-corrected chi connectivity index (χ4v) is 0. The smallest absolute Gasteiger partial charge is 1.00 e. The summed E-state index contributed by atoms with van der Waals surface area (Å²) in [6.45, 7) is 0. The minimum atomic E-state index is -4.64. The SMILES string of the molecule is O=P(O)(O)O.O=P(O)(O)O.[Fe].[Fe].[H-].[Li+].[Mn].[Mn]. The number of hydrogen-bond donors (Lipinski definition) is 6. The summed E-state index contributed by atoms with van der Waals surface area (Å²) in [6, 6.07) is 0. The Kier molecular flexibility index (Phi) is 55.2. The second-order valence-corrected chi connectivity index (χ2v) is 3.08. The molecule has 0 amide bonds. The van der Waals surface area contributed by atoms with Crippen LogP contribution in [-0.2, 0) is 77.4 Å². The Morgan fingerprint density at radius 2 is 0.667 bits per heavy atom. The summed E-state index contributed by atoms with van der Waals surface area (Å²) in [5.74, 6) is 0. The van der Waals surface area contributed by atoms with Crippen molar-refractivity contribution in [1.29, 1.82) is 0 Å². The second kappa shape index (κ2) is 19.2. The molecule has 6 N–H and O–H groups in total. The number of phosphoric acid groups is 2. The standard InChI is InChI=1S/2Fe.Li.2Mn.2H3O4P.H/c;;;;;2*1-5(2,3)4;/h;;;;;2*(H3,1,2,3,4);/q;;+1;;;;;-1. The summed E-state index contributed by atoms with van der Waals surface area (Å²) in [6.07, 6.45) is 0. The molecule has 0 aromatic carbocycles. The maximum Gasteiger partial charge on any atom is 1.00 e. The van der Waals surface area contributed by atoms with Crippen molar-refractivity contribution in [3.05, 3.63) is 0 Å². The molecular weight excluding hydrogens is 418 g/mol. The van der Waals surface area contributed by atoms with E-state index in [0.717, 1.165) is 0 Å². The van der Waals surface area contributed by atoms with E-state index in [2.05, 4.69) is 0 Å². The van der Waals surface area contributed by atoms with Gasteiger partial charge in [-0.2, -0.15) is 0 Å². The quantitative estimate of drug-likeness (QED) is 0.167. The van der Waals surface area contributed by atoms with E-state index in [9.17, 15) is 0 Å². The van der Waals surface area contributed by atoms with E-state index in [4.69, 9.17) is 38.5 Å². The molecule has 0 saturated carbocycles. The van der Waals surface area contributed by atoms with Gasteiger partial charge in [0.05, 0.1) is 0 Å². The van der Waals surface area contributed by atoms with E-state index in [-0.39, 0.29) is 88.6 Å². The first-order chi connectivity index (χ1) is 4.00. The van der Waals surface area contributed by atoms with Crippen LogP contribution in [0.15, 0.2) is 0 Å². The van der Waals surface area contributed by atoms with Crippen LogP contribution in [-0.4, -0.2) is 29.4 Å². The van der Waals surface area contributed by atoms with Crippen LogP contribution in [0.3, 0.4) is 0 Å². The van der Waals surface area contributed by atoms with Gasteiger partial charge in [-0.15, -0.1) is 0 Å². The van der Waals surface area contributed by atoms with Crippen LogP contribution in [0.5, 0.6) is 0 Å². The fraction of sp³-hybridized carbons (Fsp3) is 0. The third-order valence-electron chi connectivity index (χ3n) is 0. The molecule has 0 heterocycles. The van der Waals surface area contributed by atoms with Crippen LogP contribution >= 0.6 is 15.6 Å². The first-order valence-electron chi connectivity index (χ1n) is 1.57. The van der Waals surface area contributed by atoms with E-state index in [0.29, 0.717) is 0 Å². The van der Waals surface area contributed by atoms with E-state index < -0.39 is 15.6 Å². The molecule has 0 rings (SSSR count). The first-order valence-corrected chi connectivity index (χ1v) is 4.70. The van der Waals surface area contributed by atoms with E-state index in [1.807, 2.05) is 0 Å². The zero-order valence-corrected chi connectivity index (χ0v) is 13.2. The molecule has 0 spiro atoms. The second-order valence-electron chi connectivity index (χ2n) is 1.03. The molecule has 0 aromatic rings. The fourth-order valence-electron chi connectivity index (χ4n) is 0. The first kappa shape index (κ1) is 43.0. The molecule has 0 bridgehead atoms. The molecule has 0 aliphatic rings. The third kappa shape index (κ3) is 447. The van der Waals surface area contributed by atoms with Crippen molar-refractivity contribution in [3.8, 4) is 0 Å². The molecule has 8 nitrogen and oxygen atoms in total. The molecule has 0 fully saturated rings. The molecule has 0 aliphatic carbocycles. The number of rotatable bonds is 0. The zero-order chi connectivity index (χ0) is 9.00. The molecule has 0 atom stereocenters. The Hall–Kier alpha value is 2.90. The maximum atomic E-state index is 8.88. The molecule has 2 radical (unpaired) electrons. The molecule has 0 aromatic heterocycles. The van der Waals surface area contributed by atoms with Crippen LogP contribution in [0, 0.1) is 0 Å². The normalized spacial score (nSPS) is 7.87. The van der Waals surface area contributed by atoms with Crippen LogP contribution in [0.1, 0.15) is 1.43 Å². The van der Waals surface area contributed by atoms with Crippen molar-refractivity contribution in [2.75, 3.05) is 0 Å². The predicted octanol–water partition coefficient (Wildman–Crippen LogP) is -4.75. The predicted molar refractivity (Wildman–Crippen MR) is 29.6 cm³/mol. The van der Waals surface area contributed by atoms with Gasteiger partial charge in [0, 0.05) is 68.3 Å². The minimum Gasteiger partial charge on any atom is -1.00 e. The average molecular weight is 426 g/mol. The van der Waals surface area contributed by atoms with Crippen molar-refractivity contribution in [1.82, 2.24) is 0 Å². The summed E-state index contributed by atoms with van der Waals surface area (Å²) in [5, 5.41) is 0. The average Bonchev–Trinajstić information content (AvgIpc) is 1.12. The Morgan fingerprint density at radius 1 is 0.667 bits per heavy atom. The van der Waals surface area contributed by atoms with Gasteiger partial charge >= 0.3 is 34.5 Å². The molecule has 15 heavy (non-hydrogen) atoms. The van der Waals surface area contributed by atoms with Gasteiger partial charge in [0.2, 0.25) is 0 Å². The largest absolute Gasteiger partial charge is 1.00 e. The Balaban J connectivity index is -0.00000000970. The van der Waals surface area contributed by atoms with Crippen molar-refractivity contribution in [2.24, 2.45) is 0 Å². The molecule has 0 saturated heterocycles. The molecule has 96 valence electrons. The summed E-state index contributed by atoms with van der Waals surface area (Å²) in [4.78, 5) is 43.1. The van der Waals surface area contributed by atoms with Crippen molar-refractivity contribution in [2.45, 2.75) is 0 Å². The van der Waals surface area contributed by atoms with Gasteiger partial charge in [0.15, 0.2) is 0 Å². The van der Waals surface area contributed by atoms with E-state index in [1.54, 1.807) is 0 Å². The van der Waals surface area contributed by atoms with Gasteiger partial charge in [-0.05, 0) is 0 Å². The van der Waals surface area contributed by atoms with Crippen molar-refractivity contribution >= 4 is 15.6 Å². The van der Waals surface area contributed by atoms with Gasteiger partial charge < -0.3 is 30.8 Å². The summed E-state index contributed by atoms with van der Waals surface area (Å²) >= 11 is 0. The van der Waals surface area contributed by atoms with Crippen LogP contribution in [0.25, 0.3) is 0 Å². The number of hydrogen-bond acceptors (Lipinski definition) is 2. The molecule has 0 unspecified atom stereocenters. The van der Waals surface area contributed by atoms with Gasteiger partial charge in [0.1, 0.15) is 0 Å². The molecule has 15 heteroatoms. The molecular formula is H7Fe2LiMn2O8P2. The minimum absolute atomic E-state index is 0. The summed E-state index contributed by atoms with van der Waals surface area (Å²) in [7, 11) is -9.28. The van der Waals surface area contributed by atoms with Gasteiger partial charge in [0.25, 0.3) is 0 Å². The van der Waals surface area contributed by atoms with E-state index in [1.165, 1.54) is 0 Å². The van der Waals surface area contributed by atoms with Gasteiger partial charge in [-0.1, -0.05) is 0 Å². The zero-order valence-electron chi connectivity index (χ0n) is 7.86. The van der Waals surface area contributed by atoms with Crippen LogP contribution in [0.4, 0.5) is 0 Å². The van der Waals surface area contributed by atoms with Crippen molar-refractivity contribution in [3.63, 3.8) is 0 Å². The summed E-state index contributed by atoms with van der Waals surface area (Å²) < 4.78 is 17.8. The topological polar surface area (TPSA) is 156 Å². The monoisotopic (exact) mass is 426 g/mol. The van der Waals surface area contributed by atoms with Crippen molar-refractivity contribution < 1.29 is 127 Å². The van der Waals surface area contributed by atoms with E-state index >= 15 is 0 Å². The van der Waals surface area contributed by atoms with Gasteiger partial charge in [-0.3, -0.25) is 0 Å². The Morgan fingerprint density at radius 3 is 0.667 bits per heavy atom. The Labute approximate surface area is 141 Å². The van der Waals surface area contributed by atoms with Crippen LogP contribution < -0.4 is 18.9 Å². The maximum absolute atomic E-state index is 8.88. The van der Waals surface area contributed by atoms with Crippen LogP contribution in [0.2, 0.25) is 0 Å². The summed E-state index contributed by atoms with van der Waals surface area (Å²) in [5.41, 5.74) is 0. The molecule has 0 aliphatic heterocycles. The van der Waals surface area contributed by atoms with Gasteiger partial charge in [-0.25, -0.2) is 9.13 Å².